The van der Waals surface area contributed by atoms with E-state index in [0.717, 1.165) is 18.2 Å². The van der Waals surface area contributed by atoms with Crippen LogP contribution in [0.4, 0.5) is 19.3 Å². The molecule has 0 aromatic heterocycles. The zero-order chi connectivity index (χ0) is 23.6. The number of aryl methyl sites for hydroxylation is 1. The van der Waals surface area contributed by atoms with Crippen LogP contribution in [0.2, 0.25) is 15.1 Å². The van der Waals surface area contributed by atoms with Gasteiger partial charge in [-0.3, -0.25) is 10.1 Å². The smallest absolute Gasteiger partial charge is 0.326 e. The summed E-state index contributed by atoms with van der Waals surface area (Å²) < 4.78 is 33.3. The molecule has 0 fully saturated rings. The fourth-order valence-electron chi connectivity index (χ4n) is 2.89. The lowest BCUT2D eigenvalue weighted by Gasteiger charge is -2.17. The Hall–Kier alpha value is -2.87. The van der Waals surface area contributed by atoms with Gasteiger partial charge in [0.1, 0.15) is 28.7 Å². The molecule has 0 atom stereocenters. The Balaban J connectivity index is 1.81. The minimum absolute atomic E-state index is 0.184. The normalized spacial score (nSPS) is 10.6. The summed E-state index contributed by atoms with van der Waals surface area (Å²) in [7, 11) is 0. The van der Waals surface area contributed by atoms with Crippen molar-refractivity contribution in [1.82, 2.24) is 5.32 Å². The molecule has 0 heterocycles. The van der Waals surface area contributed by atoms with E-state index in [1.165, 1.54) is 6.07 Å². The Morgan fingerprint density at radius 3 is 2.22 bits per heavy atom. The molecule has 10 heteroatoms. The second-order valence-electron chi connectivity index (χ2n) is 6.69. The van der Waals surface area contributed by atoms with E-state index in [2.05, 4.69) is 5.32 Å². The molecule has 3 amide bonds. The molecule has 0 saturated carbocycles. The summed E-state index contributed by atoms with van der Waals surface area (Å²) in [6.45, 7) is 3.30. The number of ether oxygens (including phenoxy) is 1. The zero-order valence-electron chi connectivity index (χ0n) is 16.7. The Morgan fingerprint density at radius 2 is 1.59 bits per heavy atom. The fourth-order valence-corrected chi connectivity index (χ4v) is 3.53. The molecule has 0 aliphatic rings. The topological polar surface area (TPSA) is 67.4 Å². The Morgan fingerprint density at radius 1 is 0.938 bits per heavy atom. The van der Waals surface area contributed by atoms with E-state index in [1.54, 1.807) is 32.0 Å². The summed E-state index contributed by atoms with van der Waals surface area (Å²) in [6.07, 6.45) is 0. The first kappa shape index (κ1) is 23.8. The van der Waals surface area contributed by atoms with Crippen molar-refractivity contribution in [2.75, 3.05) is 5.32 Å². The lowest BCUT2D eigenvalue weighted by Crippen LogP contribution is -2.35. The van der Waals surface area contributed by atoms with Gasteiger partial charge in [0.15, 0.2) is 0 Å². The molecule has 2 N–H and O–H groups in total. The van der Waals surface area contributed by atoms with Crippen molar-refractivity contribution in [1.29, 1.82) is 0 Å². The number of urea groups is 1. The first-order valence-corrected chi connectivity index (χ1v) is 10.2. The van der Waals surface area contributed by atoms with Gasteiger partial charge in [0.05, 0.1) is 10.0 Å². The van der Waals surface area contributed by atoms with Gasteiger partial charge in [-0.1, -0.05) is 40.9 Å². The highest BCUT2D eigenvalue weighted by atomic mass is 35.5. The summed E-state index contributed by atoms with van der Waals surface area (Å²) in [5.41, 5.74) is 0.416. The lowest BCUT2D eigenvalue weighted by molar-refractivity contribution is 0.0959. The number of rotatable bonds is 4. The highest BCUT2D eigenvalue weighted by Crippen LogP contribution is 2.40. The molecule has 3 aromatic rings. The van der Waals surface area contributed by atoms with E-state index in [0.29, 0.717) is 27.6 Å². The molecule has 5 nitrogen and oxygen atoms in total. The quantitative estimate of drug-likeness (QED) is 0.396. The lowest BCUT2D eigenvalue weighted by atomic mass is 10.1. The van der Waals surface area contributed by atoms with Gasteiger partial charge < -0.3 is 10.1 Å². The van der Waals surface area contributed by atoms with Crippen LogP contribution in [0.15, 0.2) is 42.5 Å². The van der Waals surface area contributed by atoms with Crippen molar-refractivity contribution in [3.05, 3.63) is 85.9 Å². The van der Waals surface area contributed by atoms with Gasteiger partial charge in [-0.05, 0) is 61.4 Å². The third kappa shape index (κ3) is 5.12. The van der Waals surface area contributed by atoms with Crippen molar-refractivity contribution in [3.8, 4) is 11.5 Å². The summed E-state index contributed by atoms with van der Waals surface area (Å²) >= 11 is 18.4. The Bertz CT molecular complexity index is 1220. The molecule has 0 unspecified atom stereocenters. The van der Waals surface area contributed by atoms with Crippen LogP contribution in [-0.2, 0) is 0 Å². The van der Waals surface area contributed by atoms with Crippen LogP contribution in [0.1, 0.15) is 21.5 Å². The van der Waals surface area contributed by atoms with Gasteiger partial charge in [0.25, 0.3) is 5.91 Å². The van der Waals surface area contributed by atoms with Gasteiger partial charge in [-0.25, -0.2) is 13.6 Å². The van der Waals surface area contributed by atoms with E-state index >= 15 is 0 Å². The highest BCUT2D eigenvalue weighted by Gasteiger charge is 2.21. The van der Waals surface area contributed by atoms with Crippen LogP contribution < -0.4 is 15.4 Å². The SMILES string of the molecule is Cc1cc(Oc2ccc(Cl)cc2Cl)c(Cl)c(C)c1NC(=O)NC(=O)c1c(F)cccc1F. The molecular weight excluding hydrogens is 485 g/mol. The third-order valence-corrected chi connectivity index (χ3v) is 5.43. The van der Waals surface area contributed by atoms with Crippen LogP contribution in [-0.4, -0.2) is 11.9 Å². The Labute approximate surface area is 197 Å². The van der Waals surface area contributed by atoms with Gasteiger partial charge in [-0.2, -0.15) is 0 Å². The summed E-state index contributed by atoms with van der Waals surface area (Å²) in [5.74, 6) is -2.80. The zero-order valence-corrected chi connectivity index (χ0v) is 18.9. The Kier molecular flexibility index (Phi) is 7.23. The predicted molar refractivity (Wildman–Crippen MR) is 120 cm³/mol. The highest BCUT2D eigenvalue weighted by molar-refractivity contribution is 6.35. The van der Waals surface area contributed by atoms with Crippen molar-refractivity contribution in [2.24, 2.45) is 0 Å². The number of nitrogens with one attached hydrogen (secondary N) is 2. The van der Waals surface area contributed by atoms with Gasteiger partial charge in [-0.15, -0.1) is 0 Å². The first-order valence-electron chi connectivity index (χ1n) is 9.07. The number of carbonyl (C=O) groups excluding carboxylic acids is 2. The molecule has 0 bridgehead atoms. The van der Waals surface area contributed by atoms with Gasteiger partial charge >= 0.3 is 6.03 Å². The number of hydrogen-bond donors (Lipinski definition) is 2. The second kappa shape index (κ2) is 9.73. The molecule has 3 rings (SSSR count). The van der Waals surface area contributed by atoms with Crippen LogP contribution in [0.5, 0.6) is 11.5 Å². The maximum Gasteiger partial charge on any atom is 0.326 e. The van der Waals surface area contributed by atoms with Crippen LogP contribution in [0, 0.1) is 25.5 Å². The average molecular weight is 500 g/mol. The molecule has 0 aliphatic heterocycles. The minimum Gasteiger partial charge on any atom is -0.454 e. The first-order chi connectivity index (χ1) is 15.1. The van der Waals surface area contributed by atoms with Crippen LogP contribution >= 0.6 is 34.8 Å². The predicted octanol–water partition coefficient (Wildman–Crippen LogP) is 7.30. The van der Waals surface area contributed by atoms with Gasteiger partial charge in [0.2, 0.25) is 0 Å². The largest absolute Gasteiger partial charge is 0.454 e. The fraction of sp³-hybridized carbons (Fsp3) is 0.0909. The van der Waals surface area contributed by atoms with Crippen molar-refractivity contribution in [3.63, 3.8) is 0 Å². The number of anilines is 1. The second-order valence-corrected chi connectivity index (χ2v) is 7.91. The monoisotopic (exact) mass is 498 g/mol. The van der Waals surface area contributed by atoms with Crippen molar-refractivity contribution in [2.45, 2.75) is 13.8 Å². The van der Waals surface area contributed by atoms with Crippen molar-refractivity contribution < 1.29 is 23.1 Å². The van der Waals surface area contributed by atoms with E-state index in [1.807, 2.05) is 5.32 Å². The molecule has 32 heavy (non-hydrogen) atoms. The molecule has 0 aliphatic carbocycles. The molecule has 0 radical (unpaired) electrons. The maximum atomic E-state index is 13.8. The number of hydrogen-bond acceptors (Lipinski definition) is 3. The molecule has 0 saturated heterocycles. The number of amides is 3. The molecular formula is C22H15Cl3F2N2O3. The molecule has 3 aromatic carbocycles. The van der Waals surface area contributed by atoms with E-state index in [4.69, 9.17) is 39.5 Å². The number of benzene rings is 3. The number of halogens is 5. The van der Waals surface area contributed by atoms with Crippen LogP contribution in [0.25, 0.3) is 0 Å². The third-order valence-electron chi connectivity index (χ3n) is 4.43. The minimum atomic E-state index is -1.23. The van der Waals surface area contributed by atoms with Gasteiger partial charge in [0, 0.05) is 10.7 Å². The van der Waals surface area contributed by atoms with E-state index < -0.39 is 29.1 Å². The maximum absolute atomic E-state index is 13.8. The summed E-state index contributed by atoms with van der Waals surface area (Å²) in [6, 6.07) is 8.21. The average Bonchev–Trinajstić information content (AvgIpc) is 2.71. The van der Waals surface area contributed by atoms with Crippen LogP contribution in [0.3, 0.4) is 0 Å². The number of carbonyl (C=O) groups is 2. The summed E-state index contributed by atoms with van der Waals surface area (Å²) in [4.78, 5) is 24.4. The standard InChI is InChI=1S/C22H15Cl3F2N2O3/c1-10-8-17(32-16-7-6-12(23)9-13(16)24)19(25)11(2)20(10)28-22(31)29-21(30)18-14(26)4-3-5-15(18)27/h3-9H,1-2H3,(H2,28,29,30,31). The molecule has 0 spiro atoms. The van der Waals surface area contributed by atoms with E-state index in [9.17, 15) is 18.4 Å². The number of imide groups is 1. The van der Waals surface area contributed by atoms with Crippen molar-refractivity contribution >= 4 is 52.4 Å². The van der Waals surface area contributed by atoms with E-state index in [-0.39, 0.29) is 15.8 Å². The molecule has 166 valence electrons. The summed E-state index contributed by atoms with van der Waals surface area (Å²) in [5, 5.41) is 5.27.